The smallest absolute Gasteiger partial charge is 0.265 e. The lowest BCUT2D eigenvalue weighted by molar-refractivity contribution is 0.600. The largest absolute Gasteiger partial charge is 0.355 e. The topological polar surface area (TPSA) is 96.9 Å². The van der Waals surface area contributed by atoms with Gasteiger partial charge in [-0.2, -0.15) is 0 Å². The van der Waals surface area contributed by atoms with Crippen LogP contribution in [-0.4, -0.2) is 29.9 Å². The van der Waals surface area contributed by atoms with Gasteiger partial charge in [-0.05, 0) is 32.9 Å². The Hall–Kier alpha value is -2.22. The first-order valence-corrected chi connectivity index (χ1v) is 7.93. The first-order valence-electron chi connectivity index (χ1n) is 6.45. The Bertz CT molecular complexity index is 729. The summed E-state index contributed by atoms with van der Waals surface area (Å²) >= 11 is 0. The minimum atomic E-state index is -3.72. The Morgan fingerprint density at radius 1 is 1.14 bits per heavy atom. The fourth-order valence-electron chi connectivity index (χ4n) is 1.70. The van der Waals surface area contributed by atoms with Crippen LogP contribution in [0.2, 0.25) is 0 Å². The number of hydrogen-bond donors (Lipinski definition) is 2. The van der Waals surface area contributed by atoms with Gasteiger partial charge in [0.2, 0.25) is 5.95 Å². The van der Waals surface area contributed by atoms with Crippen LogP contribution in [0.4, 0.5) is 11.6 Å². The minimum absolute atomic E-state index is 0.00382. The van der Waals surface area contributed by atoms with Gasteiger partial charge in [0.15, 0.2) is 0 Å². The van der Waals surface area contributed by atoms with Crippen LogP contribution in [0.15, 0.2) is 29.4 Å². The van der Waals surface area contributed by atoms with E-state index >= 15 is 0 Å². The summed E-state index contributed by atoms with van der Waals surface area (Å²) in [5.41, 5.74) is 1.88. The van der Waals surface area contributed by atoms with Crippen LogP contribution in [0.5, 0.6) is 0 Å². The summed E-state index contributed by atoms with van der Waals surface area (Å²) in [6.07, 6.45) is 2.54. The van der Waals surface area contributed by atoms with Crippen LogP contribution in [0.1, 0.15) is 18.3 Å². The van der Waals surface area contributed by atoms with Crippen molar-refractivity contribution in [2.45, 2.75) is 25.7 Å². The Labute approximate surface area is 123 Å². The van der Waals surface area contributed by atoms with Gasteiger partial charge in [0.05, 0.1) is 23.8 Å². The predicted octanol–water partition coefficient (Wildman–Crippen LogP) is 1.72. The highest BCUT2D eigenvalue weighted by Crippen LogP contribution is 2.18. The Morgan fingerprint density at radius 3 is 2.38 bits per heavy atom. The third-order valence-electron chi connectivity index (χ3n) is 2.74. The quantitative estimate of drug-likeness (QED) is 0.873. The van der Waals surface area contributed by atoms with Crippen LogP contribution >= 0.6 is 0 Å². The second kappa shape index (κ2) is 6.04. The van der Waals surface area contributed by atoms with E-state index in [1.807, 2.05) is 13.8 Å². The maximum Gasteiger partial charge on any atom is 0.265 e. The van der Waals surface area contributed by atoms with E-state index in [-0.39, 0.29) is 4.90 Å². The monoisotopic (exact) mass is 307 g/mol. The molecule has 0 bridgehead atoms. The van der Waals surface area contributed by atoms with Crippen molar-refractivity contribution in [1.29, 1.82) is 0 Å². The molecule has 0 saturated heterocycles. The number of aryl methyl sites for hydroxylation is 2. The third-order valence-corrected chi connectivity index (χ3v) is 4.06. The van der Waals surface area contributed by atoms with Crippen molar-refractivity contribution in [3.05, 3.63) is 35.9 Å². The van der Waals surface area contributed by atoms with Gasteiger partial charge in [-0.3, -0.25) is 9.71 Å². The number of pyridine rings is 1. The highest BCUT2D eigenvalue weighted by atomic mass is 32.2. The van der Waals surface area contributed by atoms with E-state index in [4.69, 9.17) is 0 Å². The molecule has 0 aromatic carbocycles. The number of aromatic nitrogens is 3. The lowest BCUT2D eigenvalue weighted by Crippen LogP contribution is -2.15. The van der Waals surface area contributed by atoms with Gasteiger partial charge in [-0.1, -0.05) is 0 Å². The molecule has 0 aliphatic heterocycles. The van der Waals surface area contributed by atoms with E-state index in [0.717, 1.165) is 5.69 Å². The van der Waals surface area contributed by atoms with E-state index in [0.29, 0.717) is 23.9 Å². The Balaban J connectivity index is 2.25. The molecule has 0 fully saturated rings. The highest BCUT2D eigenvalue weighted by Gasteiger charge is 2.16. The van der Waals surface area contributed by atoms with Gasteiger partial charge in [0.25, 0.3) is 10.0 Å². The standard InChI is InChI=1S/C13H17N5O2S/c1-4-14-13-15-7-11(8-16-13)21(19,20)18-12-6-5-9(2)17-10(12)3/h5-8,18H,4H2,1-3H3,(H,14,15,16). The van der Waals surface area contributed by atoms with Crippen molar-refractivity contribution >= 4 is 21.7 Å². The zero-order valence-electron chi connectivity index (χ0n) is 12.1. The fraction of sp³-hybridized carbons (Fsp3) is 0.308. The molecule has 2 N–H and O–H groups in total. The van der Waals surface area contributed by atoms with Crippen molar-refractivity contribution in [3.63, 3.8) is 0 Å². The van der Waals surface area contributed by atoms with E-state index in [1.165, 1.54) is 12.4 Å². The first-order chi connectivity index (χ1) is 9.92. The van der Waals surface area contributed by atoms with Gasteiger partial charge >= 0.3 is 0 Å². The molecule has 0 unspecified atom stereocenters. The molecule has 8 heteroatoms. The molecular formula is C13H17N5O2S. The number of sulfonamides is 1. The molecule has 21 heavy (non-hydrogen) atoms. The van der Waals surface area contributed by atoms with Crippen LogP contribution < -0.4 is 10.0 Å². The van der Waals surface area contributed by atoms with Crippen molar-refractivity contribution in [2.75, 3.05) is 16.6 Å². The predicted molar refractivity (Wildman–Crippen MR) is 80.7 cm³/mol. The van der Waals surface area contributed by atoms with Crippen molar-refractivity contribution in [1.82, 2.24) is 15.0 Å². The normalized spacial score (nSPS) is 11.2. The van der Waals surface area contributed by atoms with Crippen LogP contribution in [0.3, 0.4) is 0 Å². The van der Waals surface area contributed by atoms with Crippen LogP contribution in [-0.2, 0) is 10.0 Å². The molecule has 7 nitrogen and oxygen atoms in total. The molecule has 2 aromatic rings. The second-order valence-electron chi connectivity index (χ2n) is 4.46. The summed E-state index contributed by atoms with van der Waals surface area (Å²) in [6.45, 7) is 6.16. The summed E-state index contributed by atoms with van der Waals surface area (Å²) in [6, 6.07) is 3.43. The van der Waals surface area contributed by atoms with E-state index < -0.39 is 10.0 Å². The Kier molecular flexibility index (Phi) is 4.37. The Morgan fingerprint density at radius 2 is 1.81 bits per heavy atom. The number of nitrogens with one attached hydrogen (secondary N) is 2. The van der Waals surface area contributed by atoms with Crippen LogP contribution in [0, 0.1) is 13.8 Å². The molecule has 2 rings (SSSR count). The summed E-state index contributed by atoms with van der Waals surface area (Å²) in [5, 5.41) is 2.90. The average Bonchev–Trinajstić information content (AvgIpc) is 2.43. The molecule has 0 radical (unpaired) electrons. The highest BCUT2D eigenvalue weighted by molar-refractivity contribution is 7.92. The molecule has 0 aliphatic carbocycles. The van der Waals surface area contributed by atoms with Gasteiger partial charge in [-0.25, -0.2) is 18.4 Å². The van der Waals surface area contributed by atoms with E-state index in [9.17, 15) is 8.42 Å². The van der Waals surface area contributed by atoms with Gasteiger partial charge in [0.1, 0.15) is 4.90 Å². The zero-order chi connectivity index (χ0) is 15.5. The van der Waals surface area contributed by atoms with Gasteiger partial charge in [0, 0.05) is 12.2 Å². The number of rotatable bonds is 5. The molecule has 2 aromatic heterocycles. The average molecular weight is 307 g/mol. The SMILES string of the molecule is CCNc1ncc(S(=O)(=O)Nc2ccc(C)nc2C)cn1. The summed E-state index contributed by atoms with van der Waals surface area (Å²) < 4.78 is 27.0. The minimum Gasteiger partial charge on any atom is -0.355 e. The molecule has 112 valence electrons. The molecule has 2 heterocycles. The van der Waals surface area contributed by atoms with Crippen molar-refractivity contribution in [2.24, 2.45) is 0 Å². The summed E-state index contributed by atoms with van der Waals surface area (Å²) in [5.74, 6) is 0.393. The lowest BCUT2D eigenvalue weighted by Gasteiger charge is -2.10. The molecule has 0 atom stereocenters. The zero-order valence-corrected chi connectivity index (χ0v) is 12.9. The summed E-state index contributed by atoms with van der Waals surface area (Å²) in [7, 11) is -3.72. The maximum absolute atomic E-state index is 12.3. The molecule has 0 aliphatic rings. The number of nitrogens with zero attached hydrogens (tertiary/aromatic N) is 3. The van der Waals surface area contributed by atoms with Crippen LogP contribution in [0.25, 0.3) is 0 Å². The molecule has 0 saturated carbocycles. The van der Waals surface area contributed by atoms with Gasteiger partial charge in [-0.15, -0.1) is 0 Å². The van der Waals surface area contributed by atoms with Gasteiger partial charge < -0.3 is 5.32 Å². The second-order valence-corrected chi connectivity index (χ2v) is 6.15. The molecule has 0 spiro atoms. The fourth-order valence-corrected chi connectivity index (χ4v) is 2.71. The molecular weight excluding hydrogens is 290 g/mol. The number of hydrogen-bond acceptors (Lipinski definition) is 6. The maximum atomic E-state index is 12.3. The third kappa shape index (κ3) is 3.66. The number of anilines is 2. The van der Waals surface area contributed by atoms with E-state index in [2.05, 4.69) is 25.0 Å². The summed E-state index contributed by atoms with van der Waals surface area (Å²) in [4.78, 5) is 12.1. The molecule has 0 amide bonds. The first kappa shape index (κ1) is 15.2. The van der Waals surface area contributed by atoms with Crippen molar-refractivity contribution < 1.29 is 8.42 Å². The van der Waals surface area contributed by atoms with Crippen molar-refractivity contribution in [3.8, 4) is 0 Å². The van der Waals surface area contributed by atoms with E-state index in [1.54, 1.807) is 19.1 Å². The lowest BCUT2D eigenvalue weighted by atomic mass is 10.3.